The van der Waals surface area contributed by atoms with Crippen LogP contribution in [0.15, 0.2) is 12.5 Å². The summed E-state index contributed by atoms with van der Waals surface area (Å²) in [5.41, 5.74) is 3.50. The molecule has 7 unspecified atom stereocenters. The number of anilines is 1. The van der Waals surface area contributed by atoms with Crippen molar-refractivity contribution in [2.24, 2.45) is 0 Å². The number of aromatic nitrogens is 4. The van der Waals surface area contributed by atoms with E-state index >= 15 is 4.39 Å². The van der Waals surface area contributed by atoms with Crippen LogP contribution in [-0.4, -0.2) is 135 Å². The SMILES string of the molecule is C#C[C@]1(OC)[C@H](c2cnn3c(N)ncnc23)O[C@](F)(COP(O)(=S)OP(=O)(O)OC2OC([C@@H](O)CO)C(O)C(O)C2O)[C@H]1O. The van der Waals surface area contributed by atoms with E-state index in [2.05, 4.69) is 41.6 Å². The van der Waals surface area contributed by atoms with Gasteiger partial charge in [0, 0.05) is 7.11 Å². The summed E-state index contributed by atoms with van der Waals surface area (Å²) in [5, 5.41) is 63.8. The molecule has 0 radical (unpaired) electrons. The monoisotopic (exact) mass is 691 g/mol. The number of methoxy groups -OCH3 is 1. The fraction of sp³-hybridized carbons (Fsp3) is 0.650. The van der Waals surface area contributed by atoms with Gasteiger partial charge >= 0.3 is 14.5 Å². The third-order valence-electron chi connectivity index (χ3n) is 6.76. The van der Waals surface area contributed by atoms with Gasteiger partial charge in [0.2, 0.25) is 5.95 Å². The molecule has 44 heavy (non-hydrogen) atoms. The molecule has 4 rings (SSSR count). The zero-order chi connectivity index (χ0) is 32.8. The number of nitrogens with two attached hydrogens (primary N) is 1. The second-order valence-electron chi connectivity index (χ2n) is 9.48. The minimum atomic E-state index is -5.62. The number of halogens is 1. The van der Waals surface area contributed by atoms with Gasteiger partial charge < -0.3 is 64.9 Å². The number of nitrogen functional groups attached to an aromatic ring is 1. The van der Waals surface area contributed by atoms with Crippen molar-refractivity contribution < 1.29 is 77.0 Å². The van der Waals surface area contributed by atoms with Gasteiger partial charge in [-0.1, -0.05) is 5.92 Å². The molecule has 20 nitrogen and oxygen atoms in total. The molecular weight excluding hydrogens is 663 g/mol. The highest BCUT2D eigenvalue weighted by Gasteiger charge is 2.66. The van der Waals surface area contributed by atoms with Gasteiger partial charge in [0.05, 0.1) is 18.4 Å². The van der Waals surface area contributed by atoms with Crippen molar-refractivity contribution in [1.29, 1.82) is 0 Å². The van der Waals surface area contributed by atoms with Gasteiger partial charge in [-0.05, 0) is 11.8 Å². The number of aliphatic hydroxyl groups is 6. The molecule has 2 aliphatic heterocycles. The van der Waals surface area contributed by atoms with E-state index in [1.54, 1.807) is 0 Å². The molecule has 12 atom stereocenters. The molecule has 2 aromatic rings. The van der Waals surface area contributed by atoms with Crippen molar-refractivity contribution in [3.63, 3.8) is 0 Å². The van der Waals surface area contributed by atoms with E-state index in [9.17, 15) is 39.9 Å². The predicted octanol–water partition coefficient (Wildman–Crippen LogP) is -3.65. The number of fused-ring (bicyclic) bond motifs is 1. The standard InChI is InChI=1S/C20H28FN5O15P2S/c1-3-19(36-2)14(8-4-25-26-15(8)23-7-24-18(26)22)39-20(21,17(19)32)6-37-43(35,44)41-42(33,34)40-16-12(31)10(29)11(30)13(38-16)9(28)5-27/h1,4,7,9-14,16-17,27-32H,5-6H2,2H3,(H,33,34)(H,35,44)(H2,22,23,24)/t9-,10?,11?,12?,13?,14-,16?,17-,19-,20+,43?/m0/s1. The summed E-state index contributed by atoms with van der Waals surface area (Å²) in [6, 6.07) is 0. The lowest BCUT2D eigenvalue weighted by atomic mass is 9.87. The molecule has 2 saturated heterocycles. The molecule has 0 aromatic carbocycles. The lowest BCUT2D eigenvalue weighted by Crippen LogP contribution is -2.61. The lowest BCUT2D eigenvalue weighted by Gasteiger charge is -2.41. The van der Waals surface area contributed by atoms with Crippen LogP contribution in [0.5, 0.6) is 0 Å². The first-order chi connectivity index (χ1) is 20.5. The number of alkyl halides is 1. The molecule has 0 saturated carbocycles. The first-order valence-electron chi connectivity index (χ1n) is 12.2. The molecule has 0 spiro atoms. The van der Waals surface area contributed by atoms with Crippen LogP contribution in [0, 0.1) is 12.3 Å². The van der Waals surface area contributed by atoms with E-state index in [0.29, 0.717) is 0 Å². The molecular formula is C20H28FN5O15P2S. The Morgan fingerprint density at radius 1 is 1.27 bits per heavy atom. The van der Waals surface area contributed by atoms with E-state index < -0.39 is 88.2 Å². The predicted molar refractivity (Wildman–Crippen MR) is 142 cm³/mol. The van der Waals surface area contributed by atoms with Gasteiger partial charge in [0.25, 0.3) is 5.85 Å². The number of phosphoric ester groups is 1. The Morgan fingerprint density at radius 2 is 1.95 bits per heavy atom. The third-order valence-corrected chi connectivity index (χ3v) is 10.3. The van der Waals surface area contributed by atoms with E-state index in [1.807, 2.05) is 0 Å². The average Bonchev–Trinajstić information content (AvgIpc) is 3.49. The van der Waals surface area contributed by atoms with Crippen LogP contribution >= 0.6 is 14.5 Å². The number of hydrogen-bond donors (Lipinski definition) is 9. The molecule has 2 aromatic heterocycles. The van der Waals surface area contributed by atoms with Crippen LogP contribution in [0.25, 0.3) is 5.65 Å². The van der Waals surface area contributed by atoms with E-state index in [-0.39, 0.29) is 17.2 Å². The number of terminal acetylenes is 1. The summed E-state index contributed by atoms with van der Waals surface area (Å²) in [4.78, 5) is 28.3. The van der Waals surface area contributed by atoms with Crippen LogP contribution in [0.4, 0.5) is 10.3 Å². The summed E-state index contributed by atoms with van der Waals surface area (Å²) in [5.74, 6) is -1.31. The normalized spacial score (nSPS) is 37.7. The second-order valence-corrected chi connectivity index (χ2v) is 13.9. The van der Waals surface area contributed by atoms with E-state index in [0.717, 1.165) is 24.1 Å². The Bertz CT molecular complexity index is 1500. The Balaban J connectivity index is 1.50. The zero-order valence-electron chi connectivity index (χ0n) is 22.2. The maximum absolute atomic E-state index is 16.2. The summed E-state index contributed by atoms with van der Waals surface area (Å²) in [6.07, 6.45) is -8.39. The first-order valence-corrected chi connectivity index (χ1v) is 16.2. The largest absolute Gasteiger partial charge is 0.481 e. The molecule has 24 heteroatoms. The molecule has 0 bridgehead atoms. The van der Waals surface area contributed by atoms with Crippen LogP contribution in [0.3, 0.4) is 0 Å². The number of hydrogen-bond acceptors (Lipinski definition) is 18. The van der Waals surface area contributed by atoms with Crippen LogP contribution in [-0.2, 0) is 43.9 Å². The number of ether oxygens (including phenoxy) is 3. The summed E-state index contributed by atoms with van der Waals surface area (Å²) in [6.45, 7) is -7.45. The topological polar surface area (TPSA) is 303 Å². The molecule has 2 fully saturated rings. The Labute approximate surface area is 251 Å². The Morgan fingerprint density at radius 3 is 2.57 bits per heavy atom. The van der Waals surface area contributed by atoms with E-state index in [4.69, 9.17) is 36.0 Å². The molecule has 2 aliphatic rings. The maximum Gasteiger partial charge on any atom is 0.481 e. The minimum Gasteiger partial charge on any atom is -0.394 e. The highest BCUT2D eigenvalue weighted by Crippen LogP contribution is 2.62. The van der Waals surface area contributed by atoms with Crippen molar-refractivity contribution in [2.45, 2.75) is 60.5 Å². The highest BCUT2D eigenvalue weighted by molar-refractivity contribution is 8.08. The van der Waals surface area contributed by atoms with E-state index in [1.165, 1.54) is 0 Å². The van der Waals surface area contributed by atoms with Gasteiger partial charge in [0.1, 0.15) is 49.6 Å². The summed E-state index contributed by atoms with van der Waals surface area (Å²) >= 11 is 4.66. The first kappa shape index (κ1) is 35.0. The fourth-order valence-corrected chi connectivity index (χ4v) is 7.62. The highest BCUT2D eigenvalue weighted by atomic mass is 32.5. The Kier molecular flexibility index (Phi) is 10.1. The van der Waals surface area contributed by atoms with Crippen molar-refractivity contribution in [3.8, 4) is 12.3 Å². The number of nitrogens with zero attached hydrogens (tertiary/aromatic N) is 4. The van der Waals surface area contributed by atoms with Crippen molar-refractivity contribution in [1.82, 2.24) is 19.6 Å². The fourth-order valence-electron chi connectivity index (χ4n) is 4.54. The van der Waals surface area contributed by atoms with Gasteiger partial charge in [0.15, 0.2) is 23.6 Å². The third kappa shape index (κ3) is 6.39. The molecule has 4 heterocycles. The van der Waals surface area contributed by atoms with Gasteiger partial charge in [-0.15, -0.1) is 6.42 Å². The van der Waals surface area contributed by atoms with Crippen molar-refractivity contribution in [3.05, 3.63) is 18.1 Å². The quantitative estimate of drug-likeness (QED) is 0.0810. The van der Waals surface area contributed by atoms with Gasteiger partial charge in [-0.2, -0.15) is 9.61 Å². The molecule has 0 amide bonds. The van der Waals surface area contributed by atoms with Crippen LogP contribution in [0.1, 0.15) is 11.7 Å². The summed E-state index contributed by atoms with van der Waals surface area (Å²) < 4.78 is 59.4. The Hall–Kier alpha value is -1.84. The number of aliphatic hydroxyl groups excluding tert-OH is 6. The van der Waals surface area contributed by atoms with Gasteiger partial charge in [-0.25, -0.2) is 23.2 Å². The minimum absolute atomic E-state index is 0.00372. The van der Waals surface area contributed by atoms with Crippen LogP contribution in [0.2, 0.25) is 0 Å². The zero-order valence-corrected chi connectivity index (χ0v) is 24.9. The summed E-state index contributed by atoms with van der Waals surface area (Å²) in [7, 11) is -4.58. The maximum atomic E-state index is 16.2. The number of rotatable bonds is 11. The van der Waals surface area contributed by atoms with Crippen molar-refractivity contribution >= 4 is 37.9 Å². The van der Waals surface area contributed by atoms with Crippen LogP contribution < -0.4 is 5.73 Å². The molecule has 0 aliphatic carbocycles. The smallest absolute Gasteiger partial charge is 0.394 e. The van der Waals surface area contributed by atoms with Crippen molar-refractivity contribution in [2.75, 3.05) is 26.1 Å². The molecule has 10 N–H and O–H groups in total. The average molecular weight is 691 g/mol. The second kappa shape index (κ2) is 12.7. The lowest BCUT2D eigenvalue weighted by molar-refractivity contribution is -0.292. The molecule has 246 valence electrons. The number of phosphoric acid groups is 1. The van der Waals surface area contributed by atoms with Gasteiger partial charge in [-0.3, -0.25) is 4.52 Å².